The standard InChI is InChI=1S/C9H8ClN3O2/c1-2-5-3-7(9(14)15)12-8-6(10)4-11-13(5)8/h3-4H,2H2,1H3,(H,14,15). The van der Waals surface area contributed by atoms with E-state index in [1.54, 1.807) is 4.52 Å². The van der Waals surface area contributed by atoms with Crippen LogP contribution in [0.4, 0.5) is 0 Å². The number of fused-ring (bicyclic) bond motifs is 1. The van der Waals surface area contributed by atoms with Crippen LogP contribution in [0.25, 0.3) is 5.65 Å². The zero-order valence-electron chi connectivity index (χ0n) is 7.94. The first-order valence-electron chi connectivity index (χ1n) is 4.40. The number of rotatable bonds is 2. The van der Waals surface area contributed by atoms with Gasteiger partial charge in [0, 0.05) is 5.69 Å². The maximum absolute atomic E-state index is 10.8. The van der Waals surface area contributed by atoms with Gasteiger partial charge in [-0.1, -0.05) is 18.5 Å². The molecule has 2 aromatic heterocycles. The number of hydrogen-bond donors (Lipinski definition) is 1. The number of aromatic nitrogens is 3. The van der Waals surface area contributed by atoms with Crippen molar-refractivity contribution in [3.63, 3.8) is 0 Å². The molecule has 0 spiro atoms. The lowest BCUT2D eigenvalue weighted by Crippen LogP contribution is -2.07. The highest BCUT2D eigenvalue weighted by atomic mass is 35.5. The summed E-state index contributed by atoms with van der Waals surface area (Å²) >= 11 is 5.84. The van der Waals surface area contributed by atoms with E-state index in [1.165, 1.54) is 12.3 Å². The van der Waals surface area contributed by atoms with Gasteiger partial charge >= 0.3 is 5.97 Å². The molecule has 0 bridgehead atoms. The minimum atomic E-state index is -1.07. The summed E-state index contributed by atoms with van der Waals surface area (Å²) in [5.41, 5.74) is 1.14. The van der Waals surface area contributed by atoms with Crippen molar-refractivity contribution >= 4 is 23.2 Å². The van der Waals surface area contributed by atoms with E-state index in [-0.39, 0.29) is 5.69 Å². The largest absolute Gasteiger partial charge is 0.477 e. The van der Waals surface area contributed by atoms with Gasteiger partial charge in [0.25, 0.3) is 0 Å². The maximum Gasteiger partial charge on any atom is 0.354 e. The Hall–Kier alpha value is -1.62. The number of carboxylic acid groups (broad SMARTS) is 1. The number of halogens is 1. The Morgan fingerprint density at radius 2 is 2.40 bits per heavy atom. The average Bonchev–Trinajstić information content (AvgIpc) is 2.59. The van der Waals surface area contributed by atoms with E-state index in [0.29, 0.717) is 17.1 Å². The minimum absolute atomic E-state index is 0.0123. The Morgan fingerprint density at radius 1 is 1.67 bits per heavy atom. The Labute approximate surface area is 90.3 Å². The molecule has 5 nitrogen and oxygen atoms in total. The Bertz CT molecular complexity index is 535. The van der Waals surface area contributed by atoms with Gasteiger partial charge in [0.15, 0.2) is 11.3 Å². The third kappa shape index (κ3) is 1.55. The van der Waals surface area contributed by atoms with Crippen LogP contribution in [0.5, 0.6) is 0 Å². The first-order chi connectivity index (χ1) is 7.13. The van der Waals surface area contributed by atoms with E-state index in [1.807, 2.05) is 6.92 Å². The molecule has 0 aliphatic heterocycles. The van der Waals surface area contributed by atoms with E-state index < -0.39 is 5.97 Å². The number of nitrogens with zero attached hydrogens (tertiary/aromatic N) is 3. The van der Waals surface area contributed by atoms with Gasteiger partial charge in [0.1, 0.15) is 5.02 Å². The highest BCUT2D eigenvalue weighted by Crippen LogP contribution is 2.17. The van der Waals surface area contributed by atoms with Gasteiger partial charge < -0.3 is 5.11 Å². The summed E-state index contributed by atoms with van der Waals surface area (Å²) in [5, 5.41) is 13.2. The quantitative estimate of drug-likeness (QED) is 0.844. The van der Waals surface area contributed by atoms with E-state index in [4.69, 9.17) is 16.7 Å². The molecule has 0 amide bonds. The Balaban J connectivity index is 2.79. The monoisotopic (exact) mass is 225 g/mol. The second kappa shape index (κ2) is 3.51. The molecule has 1 N–H and O–H groups in total. The summed E-state index contributed by atoms with van der Waals surface area (Å²) in [4.78, 5) is 14.7. The molecule has 15 heavy (non-hydrogen) atoms. The van der Waals surface area contributed by atoms with Gasteiger partial charge in [-0.25, -0.2) is 14.3 Å². The highest BCUT2D eigenvalue weighted by Gasteiger charge is 2.12. The molecule has 0 atom stereocenters. The van der Waals surface area contributed by atoms with Crippen LogP contribution in [-0.4, -0.2) is 25.7 Å². The molecule has 0 radical (unpaired) electrons. The molecular formula is C9H8ClN3O2. The summed E-state index contributed by atoms with van der Waals surface area (Å²) in [6.07, 6.45) is 2.12. The lowest BCUT2D eigenvalue weighted by atomic mass is 10.2. The van der Waals surface area contributed by atoms with Gasteiger partial charge in [-0.3, -0.25) is 0 Å². The minimum Gasteiger partial charge on any atom is -0.477 e. The average molecular weight is 226 g/mol. The molecule has 6 heteroatoms. The number of aryl methyl sites for hydroxylation is 1. The second-order valence-electron chi connectivity index (χ2n) is 3.02. The third-order valence-electron chi connectivity index (χ3n) is 2.08. The van der Waals surface area contributed by atoms with Gasteiger partial charge in [-0.05, 0) is 12.5 Å². The summed E-state index contributed by atoms with van der Waals surface area (Å²) in [6, 6.07) is 1.50. The van der Waals surface area contributed by atoms with Crippen molar-refractivity contribution in [3.05, 3.63) is 28.7 Å². The van der Waals surface area contributed by atoms with Crippen LogP contribution < -0.4 is 0 Å². The first-order valence-corrected chi connectivity index (χ1v) is 4.77. The summed E-state index contributed by atoms with van der Waals surface area (Å²) in [6.45, 7) is 1.91. The summed E-state index contributed by atoms with van der Waals surface area (Å²) in [7, 11) is 0. The number of hydrogen-bond acceptors (Lipinski definition) is 3. The van der Waals surface area contributed by atoms with Crippen molar-refractivity contribution in [1.29, 1.82) is 0 Å². The maximum atomic E-state index is 10.8. The van der Waals surface area contributed by atoms with Crippen LogP contribution in [0.1, 0.15) is 23.1 Å². The van der Waals surface area contributed by atoms with Gasteiger partial charge in [-0.2, -0.15) is 5.10 Å². The van der Waals surface area contributed by atoms with Crippen LogP contribution >= 0.6 is 11.6 Å². The van der Waals surface area contributed by atoms with Crippen LogP contribution in [0, 0.1) is 0 Å². The smallest absolute Gasteiger partial charge is 0.354 e. The Morgan fingerprint density at radius 3 is 3.00 bits per heavy atom. The van der Waals surface area contributed by atoms with Crippen molar-refractivity contribution in [2.75, 3.05) is 0 Å². The van der Waals surface area contributed by atoms with Crippen LogP contribution in [0.15, 0.2) is 12.3 Å². The van der Waals surface area contributed by atoms with Crippen LogP contribution in [0.3, 0.4) is 0 Å². The normalized spacial score (nSPS) is 10.8. The second-order valence-corrected chi connectivity index (χ2v) is 3.43. The zero-order valence-corrected chi connectivity index (χ0v) is 8.69. The zero-order chi connectivity index (χ0) is 11.0. The molecule has 0 saturated carbocycles. The first kappa shape index (κ1) is 9.92. The van der Waals surface area contributed by atoms with E-state index in [0.717, 1.165) is 5.69 Å². The molecule has 2 heterocycles. The lowest BCUT2D eigenvalue weighted by Gasteiger charge is -2.02. The van der Waals surface area contributed by atoms with Crippen molar-refractivity contribution in [2.24, 2.45) is 0 Å². The SMILES string of the molecule is CCc1cc(C(=O)O)nc2c(Cl)cnn12. The van der Waals surface area contributed by atoms with Crippen molar-refractivity contribution in [3.8, 4) is 0 Å². The van der Waals surface area contributed by atoms with E-state index >= 15 is 0 Å². The van der Waals surface area contributed by atoms with Gasteiger partial charge in [0.2, 0.25) is 0 Å². The number of carbonyl (C=O) groups is 1. The lowest BCUT2D eigenvalue weighted by molar-refractivity contribution is 0.0690. The molecule has 0 aromatic carbocycles. The summed E-state index contributed by atoms with van der Waals surface area (Å²) in [5.74, 6) is -1.07. The fourth-order valence-electron chi connectivity index (χ4n) is 1.36. The highest BCUT2D eigenvalue weighted by molar-refractivity contribution is 6.33. The van der Waals surface area contributed by atoms with Gasteiger partial charge in [0.05, 0.1) is 6.20 Å². The summed E-state index contributed by atoms with van der Waals surface area (Å²) < 4.78 is 1.55. The number of carboxylic acids is 1. The van der Waals surface area contributed by atoms with Crippen molar-refractivity contribution in [1.82, 2.24) is 14.6 Å². The molecule has 0 aliphatic rings. The molecule has 0 fully saturated rings. The third-order valence-corrected chi connectivity index (χ3v) is 2.35. The van der Waals surface area contributed by atoms with Gasteiger partial charge in [-0.15, -0.1) is 0 Å². The fraction of sp³-hybridized carbons (Fsp3) is 0.222. The predicted octanol–water partition coefficient (Wildman–Crippen LogP) is 1.64. The van der Waals surface area contributed by atoms with Crippen LogP contribution in [0.2, 0.25) is 5.02 Å². The topological polar surface area (TPSA) is 67.5 Å². The molecule has 78 valence electrons. The van der Waals surface area contributed by atoms with Crippen molar-refractivity contribution in [2.45, 2.75) is 13.3 Å². The van der Waals surface area contributed by atoms with E-state index in [2.05, 4.69) is 10.1 Å². The molecule has 0 unspecified atom stereocenters. The number of aromatic carboxylic acids is 1. The fourth-order valence-corrected chi connectivity index (χ4v) is 1.53. The molecule has 2 aromatic rings. The van der Waals surface area contributed by atoms with Crippen LogP contribution in [-0.2, 0) is 6.42 Å². The van der Waals surface area contributed by atoms with Crippen molar-refractivity contribution < 1.29 is 9.90 Å². The molecular weight excluding hydrogens is 218 g/mol. The molecule has 2 rings (SSSR count). The predicted molar refractivity (Wildman–Crippen MR) is 54.3 cm³/mol. The Kier molecular flexibility index (Phi) is 2.32. The molecule has 0 saturated heterocycles. The van der Waals surface area contributed by atoms with E-state index in [9.17, 15) is 4.79 Å². The molecule has 0 aliphatic carbocycles.